The summed E-state index contributed by atoms with van der Waals surface area (Å²) < 4.78 is 0. The summed E-state index contributed by atoms with van der Waals surface area (Å²) in [5.74, 6) is 1.26. The molecular weight excluding hydrogens is 230 g/mol. The van der Waals surface area contributed by atoms with Crippen LogP contribution in [0, 0.1) is 11.8 Å². The molecule has 2 atom stereocenters. The van der Waals surface area contributed by atoms with Gasteiger partial charge in [0.1, 0.15) is 0 Å². The van der Waals surface area contributed by atoms with Gasteiger partial charge >= 0.3 is 0 Å². The summed E-state index contributed by atoms with van der Waals surface area (Å²) in [6, 6.07) is 0. The number of amides is 2. The molecule has 1 saturated carbocycles. The highest BCUT2D eigenvalue weighted by atomic mass is 16.2. The molecule has 0 spiro atoms. The van der Waals surface area contributed by atoms with E-state index in [0.717, 1.165) is 25.4 Å². The molecule has 5 nitrogen and oxygen atoms in total. The van der Waals surface area contributed by atoms with Crippen molar-refractivity contribution in [1.82, 2.24) is 10.2 Å². The number of carbonyl (C=O) groups is 2. The minimum absolute atomic E-state index is 0.0285. The second-order valence-corrected chi connectivity index (χ2v) is 5.41. The van der Waals surface area contributed by atoms with E-state index in [4.69, 9.17) is 5.73 Å². The number of nitrogens with one attached hydrogen (secondary N) is 1. The summed E-state index contributed by atoms with van der Waals surface area (Å²) in [5.41, 5.74) is 5.19. The summed E-state index contributed by atoms with van der Waals surface area (Å²) in [6.07, 6.45) is 6.36. The minimum Gasteiger partial charge on any atom is -0.346 e. The SMILES string of the molecule is NCC(=O)NCC(=O)N1CCC2CCCCC2C1. The van der Waals surface area contributed by atoms with Crippen LogP contribution in [-0.2, 0) is 9.59 Å². The van der Waals surface area contributed by atoms with Crippen LogP contribution in [-0.4, -0.2) is 42.9 Å². The number of piperidine rings is 1. The molecule has 0 aromatic heterocycles. The lowest BCUT2D eigenvalue weighted by Gasteiger charge is -2.41. The molecule has 0 radical (unpaired) electrons. The monoisotopic (exact) mass is 253 g/mol. The number of hydrogen-bond donors (Lipinski definition) is 2. The minimum atomic E-state index is -0.268. The van der Waals surface area contributed by atoms with E-state index < -0.39 is 0 Å². The fourth-order valence-electron chi connectivity index (χ4n) is 3.19. The van der Waals surface area contributed by atoms with E-state index in [2.05, 4.69) is 5.32 Å². The molecule has 0 aromatic carbocycles. The summed E-state index contributed by atoms with van der Waals surface area (Å²) in [4.78, 5) is 24.9. The molecule has 1 aliphatic heterocycles. The number of fused-ring (bicyclic) bond motifs is 1. The lowest BCUT2D eigenvalue weighted by atomic mass is 9.75. The van der Waals surface area contributed by atoms with Gasteiger partial charge < -0.3 is 16.0 Å². The molecule has 2 unspecified atom stereocenters. The highest BCUT2D eigenvalue weighted by Crippen LogP contribution is 2.35. The van der Waals surface area contributed by atoms with Gasteiger partial charge in [0.25, 0.3) is 0 Å². The van der Waals surface area contributed by atoms with Gasteiger partial charge in [0.05, 0.1) is 13.1 Å². The molecule has 2 amide bonds. The van der Waals surface area contributed by atoms with E-state index in [9.17, 15) is 9.59 Å². The number of nitrogens with zero attached hydrogens (tertiary/aromatic N) is 1. The average Bonchev–Trinajstić information content (AvgIpc) is 2.43. The number of carbonyl (C=O) groups excluding carboxylic acids is 2. The van der Waals surface area contributed by atoms with Gasteiger partial charge in [-0.3, -0.25) is 9.59 Å². The van der Waals surface area contributed by atoms with E-state index in [1.165, 1.54) is 25.7 Å². The van der Waals surface area contributed by atoms with Crippen molar-refractivity contribution in [2.45, 2.75) is 32.1 Å². The Hall–Kier alpha value is -1.10. The van der Waals surface area contributed by atoms with Crippen molar-refractivity contribution < 1.29 is 9.59 Å². The van der Waals surface area contributed by atoms with Crippen LogP contribution in [0.2, 0.25) is 0 Å². The Morgan fingerprint density at radius 3 is 2.61 bits per heavy atom. The largest absolute Gasteiger partial charge is 0.346 e. The van der Waals surface area contributed by atoms with E-state index in [0.29, 0.717) is 5.92 Å². The lowest BCUT2D eigenvalue weighted by Crippen LogP contribution is -2.48. The molecule has 1 heterocycles. The third-order valence-corrected chi connectivity index (χ3v) is 4.27. The zero-order valence-electron chi connectivity index (χ0n) is 10.9. The van der Waals surface area contributed by atoms with Crippen LogP contribution in [0.5, 0.6) is 0 Å². The first-order valence-electron chi connectivity index (χ1n) is 6.95. The molecule has 2 rings (SSSR count). The molecule has 1 saturated heterocycles. The Balaban J connectivity index is 1.79. The maximum Gasteiger partial charge on any atom is 0.241 e. The van der Waals surface area contributed by atoms with Crippen LogP contribution in [0.25, 0.3) is 0 Å². The second kappa shape index (κ2) is 6.18. The Bertz CT molecular complexity index is 319. The van der Waals surface area contributed by atoms with E-state index >= 15 is 0 Å². The highest BCUT2D eigenvalue weighted by Gasteiger charge is 2.32. The van der Waals surface area contributed by atoms with Crippen molar-refractivity contribution >= 4 is 11.8 Å². The molecule has 5 heteroatoms. The first-order chi connectivity index (χ1) is 8.70. The van der Waals surface area contributed by atoms with Crippen molar-refractivity contribution in [3.63, 3.8) is 0 Å². The van der Waals surface area contributed by atoms with E-state index in [1.54, 1.807) is 0 Å². The molecule has 1 aliphatic carbocycles. The molecular formula is C13H23N3O2. The average molecular weight is 253 g/mol. The second-order valence-electron chi connectivity index (χ2n) is 5.41. The van der Waals surface area contributed by atoms with Gasteiger partial charge in [0, 0.05) is 13.1 Å². The topological polar surface area (TPSA) is 75.4 Å². The normalized spacial score (nSPS) is 27.5. The smallest absolute Gasteiger partial charge is 0.241 e. The number of hydrogen-bond acceptors (Lipinski definition) is 3. The molecule has 2 fully saturated rings. The molecule has 0 aromatic rings. The number of rotatable bonds is 3. The number of nitrogens with two attached hydrogens (primary N) is 1. The van der Waals surface area contributed by atoms with Crippen LogP contribution < -0.4 is 11.1 Å². The van der Waals surface area contributed by atoms with Gasteiger partial charge in [-0.2, -0.15) is 0 Å². The zero-order valence-corrected chi connectivity index (χ0v) is 10.9. The van der Waals surface area contributed by atoms with Crippen LogP contribution in [0.15, 0.2) is 0 Å². The predicted molar refractivity (Wildman–Crippen MR) is 68.7 cm³/mol. The fraction of sp³-hybridized carbons (Fsp3) is 0.846. The highest BCUT2D eigenvalue weighted by molar-refractivity contribution is 5.85. The predicted octanol–water partition coefficient (Wildman–Crippen LogP) is 0.1000. The first-order valence-corrected chi connectivity index (χ1v) is 6.95. The van der Waals surface area contributed by atoms with Crippen molar-refractivity contribution in [3.05, 3.63) is 0 Å². The molecule has 18 heavy (non-hydrogen) atoms. The van der Waals surface area contributed by atoms with Gasteiger partial charge in [0.2, 0.25) is 11.8 Å². The standard InChI is InChI=1S/C13H23N3O2/c14-7-12(17)15-8-13(18)16-6-5-10-3-1-2-4-11(10)9-16/h10-11H,1-9,14H2,(H,15,17). The quantitative estimate of drug-likeness (QED) is 0.749. The summed E-state index contributed by atoms with van der Waals surface area (Å²) in [7, 11) is 0. The summed E-state index contributed by atoms with van der Waals surface area (Å²) in [6.45, 7) is 1.76. The van der Waals surface area contributed by atoms with Crippen molar-refractivity contribution in [3.8, 4) is 0 Å². The first kappa shape index (κ1) is 13.3. The molecule has 0 bridgehead atoms. The lowest BCUT2D eigenvalue weighted by molar-refractivity contribution is -0.135. The van der Waals surface area contributed by atoms with Crippen molar-refractivity contribution in [2.24, 2.45) is 17.6 Å². The van der Waals surface area contributed by atoms with Gasteiger partial charge in [0.15, 0.2) is 0 Å². The summed E-state index contributed by atoms with van der Waals surface area (Å²) in [5, 5.41) is 2.55. The fourth-order valence-corrected chi connectivity index (χ4v) is 3.19. The maximum absolute atomic E-state index is 12.0. The maximum atomic E-state index is 12.0. The van der Waals surface area contributed by atoms with Gasteiger partial charge in [-0.1, -0.05) is 19.3 Å². The van der Waals surface area contributed by atoms with Gasteiger partial charge in [-0.15, -0.1) is 0 Å². The van der Waals surface area contributed by atoms with Crippen LogP contribution >= 0.6 is 0 Å². The van der Waals surface area contributed by atoms with Crippen molar-refractivity contribution in [2.75, 3.05) is 26.2 Å². The Kier molecular flexibility index (Phi) is 4.58. The van der Waals surface area contributed by atoms with Crippen LogP contribution in [0.3, 0.4) is 0 Å². The Labute approximate surface area is 108 Å². The van der Waals surface area contributed by atoms with Gasteiger partial charge in [-0.05, 0) is 24.7 Å². The molecule has 3 N–H and O–H groups in total. The van der Waals surface area contributed by atoms with Crippen molar-refractivity contribution in [1.29, 1.82) is 0 Å². The van der Waals surface area contributed by atoms with E-state index in [-0.39, 0.29) is 24.9 Å². The third-order valence-electron chi connectivity index (χ3n) is 4.27. The zero-order chi connectivity index (χ0) is 13.0. The molecule has 102 valence electrons. The van der Waals surface area contributed by atoms with Gasteiger partial charge in [-0.25, -0.2) is 0 Å². The van der Waals surface area contributed by atoms with E-state index in [1.807, 2.05) is 4.90 Å². The Morgan fingerprint density at radius 1 is 1.17 bits per heavy atom. The third kappa shape index (κ3) is 3.22. The Morgan fingerprint density at radius 2 is 1.89 bits per heavy atom. The van der Waals surface area contributed by atoms with Crippen LogP contribution in [0.4, 0.5) is 0 Å². The summed E-state index contributed by atoms with van der Waals surface area (Å²) >= 11 is 0. The molecule has 2 aliphatic rings. The van der Waals surface area contributed by atoms with Crippen LogP contribution in [0.1, 0.15) is 32.1 Å². The number of likely N-dealkylation sites (tertiary alicyclic amines) is 1.